The summed E-state index contributed by atoms with van der Waals surface area (Å²) >= 11 is 1.45. The molecule has 0 spiro atoms. The van der Waals surface area contributed by atoms with Gasteiger partial charge in [-0.3, -0.25) is 10.1 Å². The number of benzene rings is 1. The maximum Gasteiger partial charge on any atom is 0.322 e. The summed E-state index contributed by atoms with van der Waals surface area (Å²) in [6, 6.07) is 9.53. The van der Waals surface area contributed by atoms with Gasteiger partial charge in [-0.2, -0.15) is 4.31 Å². The van der Waals surface area contributed by atoms with Crippen LogP contribution in [-0.4, -0.2) is 41.4 Å². The molecule has 3 heterocycles. The molecule has 1 aromatic carbocycles. The van der Waals surface area contributed by atoms with Gasteiger partial charge in [-0.15, -0.1) is 16.4 Å². The fourth-order valence-electron chi connectivity index (χ4n) is 3.29. The Balaban J connectivity index is 1.47. The van der Waals surface area contributed by atoms with E-state index in [4.69, 9.17) is 4.42 Å². The molecule has 1 fully saturated rings. The first kappa shape index (κ1) is 19.7. The number of carbonyl (C=O) groups excluding carboxylic acids is 1. The number of thiophene rings is 1. The van der Waals surface area contributed by atoms with Crippen LogP contribution < -0.4 is 5.32 Å². The smallest absolute Gasteiger partial charge is 0.322 e. The van der Waals surface area contributed by atoms with E-state index < -0.39 is 15.9 Å². The Labute approximate surface area is 172 Å². The first-order valence-corrected chi connectivity index (χ1v) is 11.6. The minimum atomic E-state index is -3.57. The van der Waals surface area contributed by atoms with Crippen molar-refractivity contribution in [3.63, 3.8) is 0 Å². The summed E-state index contributed by atoms with van der Waals surface area (Å²) < 4.78 is 32.7. The SMILES string of the molecule is C[C@@H]1CCCCN1S(=O)(=O)c1ccc(C(=O)Nc2nnc(-c3cccs3)o2)cc1. The van der Waals surface area contributed by atoms with Gasteiger partial charge in [0, 0.05) is 18.2 Å². The molecule has 3 aromatic rings. The maximum atomic E-state index is 12.9. The first-order valence-electron chi connectivity index (χ1n) is 9.26. The van der Waals surface area contributed by atoms with Crippen LogP contribution in [0, 0.1) is 0 Å². The highest BCUT2D eigenvalue weighted by atomic mass is 32.2. The van der Waals surface area contributed by atoms with Crippen molar-refractivity contribution in [2.75, 3.05) is 11.9 Å². The summed E-state index contributed by atoms with van der Waals surface area (Å²) in [6.45, 7) is 2.45. The van der Waals surface area contributed by atoms with Crippen molar-refractivity contribution in [3.05, 3.63) is 47.3 Å². The highest BCUT2D eigenvalue weighted by molar-refractivity contribution is 7.89. The van der Waals surface area contributed by atoms with Gasteiger partial charge >= 0.3 is 6.01 Å². The van der Waals surface area contributed by atoms with Gasteiger partial charge in [0.15, 0.2) is 0 Å². The third kappa shape index (κ3) is 4.09. The van der Waals surface area contributed by atoms with E-state index in [1.165, 1.54) is 39.9 Å². The molecule has 4 rings (SSSR count). The van der Waals surface area contributed by atoms with Crippen LogP contribution in [0.1, 0.15) is 36.5 Å². The molecule has 0 unspecified atom stereocenters. The van der Waals surface area contributed by atoms with Crippen LogP contribution in [0.4, 0.5) is 6.01 Å². The third-order valence-electron chi connectivity index (χ3n) is 4.84. The molecule has 1 saturated heterocycles. The predicted octanol–water partition coefficient (Wildman–Crippen LogP) is 3.61. The van der Waals surface area contributed by atoms with Crippen molar-refractivity contribution < 1.29 is 17.6 Å². The summed E-state index contributed by atoms with van der Waals surface area (Å²) in [7, 11) is -3.57. The fraction of sp³-hybridized carbons (Fsp3) is 0.316. The molecule has 0 saturated carbocycles. The predicted molar refractivity (Wildman–Crippen MR) is 109 cm³/mol. The number of carbonyl (C=O) groups is 1. The number of aromatic nitrogens is 2. The zero-order valence-corrected chi connectivity index (χ0v) is 17.4. The lowest BCUT2D eigenvalue weighted by Gasteiger charge is -2.32. The second kappa shape index (κ2) is 8.05. The first-order chi connectivity index (χ1) is 13.9. The molecule has 1 amide bonds. The lowest BCUT2D eigenvalue weighted by Crippen LogP contribution is -2.41. The topological polar surface area (TPSA) is 105 Å². The van der Waals surface area contributed by atoms with Gasteiger partial charge in [-0.1, -0.05) is 17.6 Å². The average molecular weight is 433 g/mol. The lowest BCUT2D eigenvalue weighted by molar-refractivity contribution is 0.102. The van der Waals surface area contributed by atoms with Crippen molar-refractivity contribution in [1.82, 2.24) is 14.5 Å². The number of anilines is 1. The quantitative estimate of drug-likeness (QED) is 0.660. The molecule has 152 valence electrons. The second-order valence-electron chi connectivity index (χ2n) is 6.83. The Morgan fingerprint density at radius 3 is 2.69 bits per heavy atom. The molecule has 1 aliphatic heterocycles. The monoisotopic (exact) mass is 432 g/mol. The van der Waals surface area contributed by atoms with E-state index >= 15 is 0 Å². The fourth-order valence-corrected chi connectivity index (χ4v) is 5.63. The minimum Gasteiger partial charge on any atom is -0.402 e. The molecule has 29 heavy (non-hydrogen) atoms. The Bertz CT molecular complexity index is 1090. The Kier molecular flexibility index (Phi) is 5.48. The van der Waals surface area contributed by atoms with E-state index in [1.807, 2.05) is 24.4 Å². The van der Waals surface area contributed by atoms with Crippen molar-refractivity contribution in [3.8, 4) is 10.8 Å². The number of hydrogen-bond acceptors (Lipinski definition) is 7. The number of hydrogen-bond donors (Lipinski definition) is 1. The van der Waals surface area contributed by atoms with E-state index in [0.717, 1.165) is 24.1 Å². The molecule has 0 aliphatic carbocycles. The molecule has 2 aromatic heterocycles. The van der Waals surface area contributed by atoms with E-state index in [-0.39, 0.29) is 17.0 Å². The molecule has 10 heteroatoms. The average Bonchev–Trinajstić information content (AvgIpc) is 3.40. The zero-order valence-electron chi connectivity index (χ0n) is 15.7. The standard InChI is InChI=1S/C19H20N4O4S2/c1-13-5-2-3-11-23(13)29(25,26)15-9-7-14(8-10-15)17(24)20-19-22-21-18(27-19)16-6-4-12-28-16/h4,6-10,12-13H,2-3,5,11H2,1H3,(H,20,22,24)/t13-/m1/s1. The van der Waals surface area contributed by atoms with Crippen LogP contribution in [0.5, 0.6) is 0 Å². The number of sulfonamides is 1. The van der Waals surface area contributed by atoms with Crippen molar-refractivity contribution in [1.29, 1.82) is 0 Å². The van der Waals surface area contributed by atoms with Gasteiger partial charge in [0.05, 0.1) is 9.77 Å². The summed E-state index contributed by atoms with van der Waals surface area (Å²) in [5.41, 5.74) is 0.298. The van der Waals surface area contributed by atoms with E-state index in [2.05, 4.69) is 15.5 Å². The van der Waals surface area contributed by atoms with Gasteiger partial charge in [0.2, 0.25) is 10.0 Å². The van der Waals surface area contributed by atoms with Gasteiger partial charge in [-0.05, 0) is 55.5 Å². The summed E-state index contributed by atoms with van der Waals surface area (Å²) in [4.78, 5) is 13.4. The minimum absolute atomic E-state index is 0.0164. The summed E-state index contributed by atoms with van der Waals surface area (Å²) in [5.74, 6) is -0.130. The van der Waals surface area contributed by atoms with Crippen molar-refractivity contribution in [2.45, 2.75) is 37.1 Å². The van der Waals surface area contributed by atoms with Gasteiger partial charge in [0.1, 0.15) is 0 Å². The molecular weight excluding hydrogens is 412 g/mol. The molecule has 0 bridgehead atoms. The molecular formula is C19H20N4O4S2. The number of nitrogens with zero attached hydrogens (tertiary/aromatic N) is 3. The van der Waals surface area contributed by atoms with Crippen LogP contribution >= 0.6 is 11.3 Å². The third-order valence-corrected chi connectivity index (χ3v) is 7.73. The highest BCUT2D eigenvalue weighted by Gasteiger charge is 2.31. The Hall–Kier alpha value is -2.56. The van der Waals surface area contributed by atoms with E-state index in [1.54, 1.807) is 0 Å². The number of nitrogens with one attached hydrogen (secondary N) is 1. The summed E-state index contributed by atoms with van der Waals surface area (Å²) in [6.07, 6.45) is 2.76. The molecule has 1 N–H and O–H groups in total. The molecule has 0 radical (unpaired) electrons. The Morgan fingerprint density at radius 1 is 1.21 bits per heavy atom. The molecule has 1 aliphatic rings. The normalized spacial score (nSPS) is 17.9. The van der Waals surface area contributed by atoms with Gasteiger partial charge in [-0.25, -0.2) is 8.42 Å². The van der Waals surface area contributed by atoms with Crippen LogP contribution in [0.3, 0.4) is 0 Å². The van der Waals surface area contributed by atoms with Crippen molar-refractivity contribution in [2.24, 2.45) is 0 Å². The number of amides is 1. The van der Waals surface area contributed by atoms with Gasteiger partial charge < -0.3 is 4.42 Å². The number of rotatable bonds is 5. The van der Waals surface area contributed by atoms with E-state index in [9.17, 15) is 13.2 Å². The van der Waals surface area contributed by atoms with Crippen LogP contribution in [0.25, 0.3) is 10.8 Å². The van der Waals surface area contributed by atoms with E-state index in [0.29, 0.717) is 18.0 Å². The Morgan fingerprint density at radius 2 is 2.00 bits per heavy atom. The van der Waals surface area contributed by atoms with Crippen LogP contribution in [-0.2, 0) is 10.0 Å². The molecule has 1 atom stereocenters. The molecule has 8 nitrogen and oxygen atoms in total. The lowest BCUT2D eigenvalue weighted by atomic mass is 10.1. The number of piperidine rings is 1. The van der Waals surface area contributed by atoms with Crippen LogP contribution in [0.15, 0.2) is 51.1 Å². The maximum absolute atomic E-state index is 12.9. The van der Waals surface area contributed by atoms with Crippen LogP contribution in [0.2, 0.25) is 0 Å². The summed E-state index contributed by atoms with van der Waals surface area (Å²) in [5, 5.41) is 12.1. The van der Waals surface area contributed by atoms with Gasteiger partial charge in [0.25, 0.3) is 11.8 Å². The van der Waals surface area contributed by atoms with Crippen molar-refractivity contribution >= 4 is 33.3 Å². The highest BCUT2D eigenvalue weighted by Crippen LogP contribution is 2.26. The largest absolute Gasteiger partial charge is 0.402 e. The zero-order chi connectivity index (χ0) is 20.4. The second-order valence-corrected chi connectivity index (χ2v) is 9.67.